The molecule has 1 amide bonds. The molecule has 1 atom stereocenters. The number of guanidine groups is 1. The standard InChI is InChI=1S/C25H42N6O.HI/c1-4-26-25(27-13-10-14-28(3)21-23-11-6-5-7-12-23)31-19-17-29(18-20-31)22(2)24(32)30-15-8-9-16-30;/h5-7,11-12,22H,4,8-10,13-21H2,1-3H3,(H,26,27);1H. The van der Waals surface area contributed by atoms with Crippen LogP contribution in [-0.4, -0.2) is 103 Å². The lowest BCUT2D eigenvalue weighted by molar-refractivity contribution is -0.135. The first-order valence-electron chi connectivity index (χ1n) is 12.4. The SMILES string of the molecule is CCNC(=NCCCN(C)Cc1ccccc1)N1CCN(C(C)C(=O)N2CCCC2)CC1.I. The first-order chi connectivity index (χ1) is 15.6. The number of halogens is 1. The van der Waals surface area contributed by atoms with Crippen molar-refractivity contribution in [3.8, 4) is 0 Å². The highest BCUT2D eigenvalue weighted by Gasteiger charge is 2.30. The number of hydrogen-bond donors (Lipinski definition) is 1. The Balaban J connectivity index is 0.00000385. The van der Waals surface area contributed by atoms with Crippen LogP contribution in [0.15, 0.2) is 35.3 Å². The Morgan fingerprint density at radius 3 is 2.36 bits per heavy atom. The van der Waals surface area contributed by atoms with E-state index in [4.69, 9.17) is 4.99 Å². The van der Waals surface area contributed by atoms with Gasteiger partial charge in [-0.1, -0.05) is 30.3 Å². The Morgan fingerprint density at radius 1 is 1.06 bits per heavy atom. The zero-order valence-electron chi connectivity index (χ0n) is 20.7. The van der Waals surface area contributed by atoms with Gasteiger partial charge in [0.15, 0.2) is 5.96 Å². The van der Waals surface area contributed by atoms with Crippen LogP contribution in [0.2, 0.25) is 0 Å². The Labute approximate surface area is 217 Å². The molecule has 0 spiro atoms. The Bertz CT molecular complexity index is 717. The smallest absolute Gasteiger partial charge is 0.239 e. The van der Waals surface area contributed by atoms with Crippen molar-refractivity contribution in [1.82, 2.24) is 24.9 Å². The predicted molar refractivity (Wildman–Crippen MR) is 147 cm³/mol. The number of nitrogens with zero attached hydrogens (tertiary/aromatic N) is 5. The molecule has 1 N–H and O–H groups in total. The molecular formula is C25H43IN6O. The third-order valence-corrected chi connectivity index (χ3v) is 6.53. The molecule has 1 aromatic carbocycles. The molecule has 2 saturated heterocycles. The molecule has 33 heavy (non-hydrogen) atoms. The van der Waals surface area contributed by atoms with Gasteiger partial charge in [0.1, 0.15) is 0 Å². The highest BCUT2D eigenvalue weighted by molar-refractivity contribution is 14.0. The molecule has 0 aromatic heterocycles. The summed E-state index contributed by atoms with van der Waals surface area (Å²) in [6, 6.07) is 10.6. The molecule has 0 radical (unpaired) electrons. The van der Waals surface area contributed by atoms with Crippen molar-refractivity contribution in [2.24, 2.45) is 4.99 Å². The van der Waals surface area contributed by atoms with Gasteiger partial charge >= 0.3 is 0 Å². The van der Waals surface area contributed by atoms with Gasteiger partial charge in [-0.2, -0.15) is 0 Å². The average Bonchev–Trinajstić information content (AvgIpc) is 3.36. The summed E-state index contributed by atoms with van der Waals surface area (Å²) >= 11 is 0. The molecule has 1 aromatic rings. The maximum atomic E-state index is 12.7. The summed E-state index contributed by atoms with van der Waals surface area (Å²) in [6.45, 7) is 13.4. The summed E-state index contributed by atoms with van der Waals surface area (Å²) in [5, 5.41) is 3.46. The van der Waals surface area contributed by atoms with Crippen LogP contribution in [-0.2, 0) is 11.3 Å². The summed E-state index contributed by atoms with van der Waals surface area (Å²) in [5.41, 5.74) is 1.35. The molecule has 2 aliphatic heterocycles. The molecule has 0 bridgehead atoms. The van der Waals surface area contributed by atoms with Crippen LogP contribution in [0.25, 0.3) is 0 Å². The van der Waals surface area contributed by atoms with E-state index in [1.807, 2.05) is 4.90 Å². The van der Waals surface area contributed by atoms with Crippen molar-refractivity contribution < 1.29 is 4.79 Å². The summed E-state index contributed by atoms with van der Waals surface area (Å²) in [7, 11) is 2.17. The lowest BCUT2D eigenvalue weighted by atomic mass is 10.2. The van der Waals surface area contributed by atoms with E-state index >= 15 is 0 Å². The number of hydrogen-bond acceptors (Lipinski definition) is 4. The van der Waals surface area contributed by atoms with E-state index in [0.717, 1.165) is 90.7 Å². The van der Waals surface area contributed by atoms with Crippen LogP contribution < -0.4 is 5.32 Å². The summed E-state index contributed by atoms with van der Waals surface area (Å²) in [4.78, 5) is 26.7. The van der Waals surface area contributed by atoms with E-state index in [1.165, 1.54) is 5.56 Å². The maximum absolute atomic E-state index is 12.7. The minimum Gasteiger partial charge on any atom is -0.357 e. The zero-order valence-corrected chi connectivity index (χ0v) is 23.0. The average molecular weight is 571 g/mol. The number of rotatable bonds is 9. The Morgan fingerprint density at radius 2 is 1.73 bits per heavy atom. The molecule has 2 fully saturated rings. The van der Waals surface area contributed by atoms with E-state index in [0.29, 0.717) is 5.91 Å². The fourth-order valence-corrected chi connectivity index (χ4v) is 4.60. The predicted octanol–water partition coefficient (Wildman–Crippen LogP) is 2.72. The van der Waals surface area contributed by atoms with Crippen molar-refractivity contribution in [3.05, 3.63) is 35.9 Å². The molecule has 2 aliphatic rings. The number of benzene rings is 1. The summed E-state index contributed by atoms with van der Waals surface area (Å²) < 4.78 is 0. The third-order valence-electron chi connectivity index (χ3n) is 6.53. The second-order valence-corrected chi connectivity index (χ2v) is 9.04. The number of nitrogens with one attached hydrogen (secondary N) is 1. The van der Waals surface area contributed by atoms with Gasteiger partial charge in [0.05, 0.1) is 6.04 Å². The van der Waals surface area contributed by atoms with Crippen LogP contribution in [0.5, 0.6) is 0 Å². The normalized spacial score (nSPS) is 18.4. The summed E-state index contributed by atoms with van der Waals surface area (Å²) in [5.74, 6) is 1.31. The molecule has 0 saturated carbocycles. The topological polar surface area (TPSA) is 54.4 Å². The van der Waals surface area contributed by atoms with Crippen LogP contribution in [0.1, 0.15) is 38.7 Å². The number of piperazine rings is 1. The van der Waals surface area contributed by atoms with E-state index in [-0.39, 0.29) is 30.0 Å². The van der Waals surface area contributed by atoms with Gasteiger partial charge in [-0.3, -0.25) is 14.7 Å². The number of carbonyl (C=O) groups excluding carboxylic acids is 1. The van der Waals surface area contributed by atoms with Gasteiger partial charge in [-0.15, -0.1) is 24.0 Å². The molecular weight excluding hydrogens is 527 g/mol. The molecule has 7 nitrogen and oxygen atoms in total. The molecule has 0 aliphatic carbocycles. The van der Waals surface area contributed by atoms with Gasteiger partial charge in [-0.25, -0.2) is 0 Å². The highest BCUT2D eigenvalue weighted by atomic mass is 127. The van der Waals surface area contributed by atoms with Gasteiger partial charge in [0.25, 0.3) is 0 Å². The lowest BCUT2D eigenvalue weighted by Gasteiger charge is -2.39. The van der Waals surface area contributed by atoms with Crippen molar-refractivity contribution >= 4 is 35.8 Å². The molecule has 8 heteroatoms. The van der Waals surface area contributed by atoms with Crippen molar-refractivity contribution in [3.63, 3.8) is 0 Å². The van der Waals surface area contributed by atoms with Crippen molar-refractivity contribution in [2.45, 2.75) is 45.7 Å². The first-order valence-corrected chi connectivity index (χ1v) is 12.4. The second kappa shape index (κ2) is 14.8. The monoisotopic (exact) mass is 570 g/mol. The molecule has 3 rings (SSSR count). The molecule has 1 unspecified atom stereocenters. The minimum atomic E-state index is -0.0186. The van der Waals surface area contributed by atoms with Gasteiger partial charge < -0.3 is 20.0 Å². The minimum absolute atomic E-state index is 0. The van der Waals surface area contributed by atoms with E-state index in [1.54, 1.807) is 0 Å². The Hall–Kier alpha value is -1.39. The van der Waals surface area contributed by atoms with Gasteiger partial charge in [0.2, 0.25) is 5.91 Å². The van der Waals surface area contributed by atoms with Crippen LogP contribution in [0.4, 0.5) is 0 Å². The molecule has 2 heterocycles. The number of amides is 1. The number of aliphatic imine (C=N–C) groups is 1. The second-order valence-electron chi connectivity index (χ2n) is 9.04. The van der Waals surface area contributed by atoms with Crippen LogP contribution >= 0.6 is 24.0 Å². The van der Waals surface area contributed by atoms with E-state index in [9.17, 15) is 4.79 Å². The van der Waals surface area contributed by atoms with Crippen LogP contribution in [0.3, 0.4) is 0 Å². The van der Waals surface area contributed by atoms with Gasteiger partial charge in [0, 0.05) is 58.9 Å². The fraction of sp³-hybridized carbons (Fsp3) is 0.680. The van der Waals surface area contributed by atoms with Gasteiger partial charge in [-0.05, 0) is 52.3 Å². The van der Waals surface area contributed by atoms with Crippen molar-refractivity contribution in [2.75, 3.05) is 66.0 Å². The fourth-order valence-electron chi connectivity index (χ4n) is 4.60. The Kier molecular flexibility index (Phi) is 12.5. The largest absolute Gasteiger partial charge is 0.357 e. The molecule has 186 valence electrons. The summed E-state index contributed by atoms with van der Waals surface area (Å²) in [6.07, 6.45) is 3.34. The zero-order chi connectivity index (χ0) is 22.8. The van der Waals surface area contributed by atoms with Crippen LogP contribution in [0, 0.1) is 0 Å². The number of carbonyl (C=O) groups is 1. The first kappa shape index (κ1) is 27.9. The van der Waals surface area contributed by atoms with E-state index < -0.39 is 0 Å². The number of likely N-dealkylation sites (tertiary alicyclic amines) is 1. The van der Waals surface area contributed by atoms with Crippen molar-refractivity contribution in [1.29, 1.82) is 0 Å². The quantitative estimate of drug-likeness (QED) is 0.214. The van der Waals surface area contributed by atoms with E-state index in [2.05, 4.69) is 71.2 Å². The highest BCUT2D eigenvalue weighted by Crippen LogP contribution is 2.14. The maximum Gasteiger partial charge on any atom is 0.239 e. The third kappa shape index (κ3) is 8.72. The lowest BCUT2D eigenvalue weighted by Crippen LogP contribution is -2.57.